The molecule has 1 unspecified atom stereocenters. The maximum Gasteiger partial charge on any atom is 0.239 e. The summed E-state index contributed by atoms with van der Waals surface area (Å²) in [4.78, 5) is 15.9. The first-order valence-electron chi connectivity index (χ1n) is 6.99. The Hall–Kier alpha value is -1.93. The number of amides is 1. The van der Waals surface area contributed by atoms with Crippen LogP contribution in [0.3, 0.4) is 0 Å². The van der Waals surface area contributed by atoms with Crippen LogP contribution in [0.15, 0.2) is 42.6 Å². The summed E-state index contributed by atoms with van der Waals surface area (Å²) >= 11 is 0. The maximum atomic E-state index is 13.2. The van der Waals surface area contributed by atoms with Gasteiger partial charge in [-0.1, -0.05) is 12.1 Å². The zero-order chi connectivity index (χ0) is 16.7. The fourth-order valence-corrected chi connectivity index (χ4v) is 1.86. The van der Waals surface area contributed by atoms with Gasteiger partial charge in [-0.2, -0.15) is 0 Å². The number of nitrogens with one attached hydrogen (secondary N) is 1. The smallest absolute Gasteiger partial charge is 0.239 e. The highest BCUT2D eigenvalue weighted by Crippen LogP contribution is 2.23. The molecule has 1 heterocycles. The molecule has 2 aromatic rings. The van der Waals surface area contributed by atoms with E-state index >= 15 is 0 Å². The molecule has 0 fully saturated rings. The van der Waals surface area contributed by atoms with Crippen LogP contribution in [-0.2, 0) is 16.1 Å². The molecule has 6 nitrogen and oxygen atoms in total. The minimum Gasteiger partial charge on any atom is -0.439 e. The summed E-state index contributed by atoms with van der Waals surface area (Å²) in [7, 11) is 1.47. The number of carbonyl (C=O) groups is 1. The lowest BCUT2D eigenvalue weighted by Crippen LogP contribution is -2.43. The average Bonchev–Trinajstić information content (AvgIpc) is 2.54. The fraction of sp³-hybridized carbons (Fsp3) is 0.250. The molecular formula is C16H20Cl2FN3O3. The maximum absolute atomic E-state index is 13.2. The molecule has 3 N–H and O–H groups in total. The van der Waals surface area contributed by atoms with Crippen LogP contribution in [0.1, 0.15) is 5.56 Å². The molecule has 1 amide bonds. The van der Waals surface area contributed by atoms with E-state index in [1.807, 2.05) is 0 Å². The van der Waals surface area contributed by atoms with Crippen molar-refractivity contribution in [2.24, 2.45) is 5.73 Å². The van der Waals surface area contributed by atoms with Gasteiger partial charge in [0.1, 0.15) is 17.6 Å². The quantitative estimate of drug-likeness (QED) is 0.756. The van der Waals surface area contributed by atoms with Crippen molar-refractivity contribution in [3.8, 4) is 11.6 Å². The lowest BCUT2D eigenvalue weighted by molar-refractivity contribution is -0.123. The van der Waals surface area contributed by atoms with E-state index in [0.717, 1.165) is 0 Å². The first kappa shape index (κ1) is 23.1. The Morgan fingerprint density at radius 1 is 1.32 bits per heavy atom. The van der Waals surface area contributed by atoms with Crippen molar-refractivity contribution in [1.29, 1.82) is 0 Å². The van der Waals surface area contributed by atoms with Crippen LogP contribution >= 0.6 is 24.8 Å². The molecule has 0 bridgehead atoms. The van der Waals surface area contributed by atoms with Crippen molar-refractivity contribution in [3.63, 3.8) is 0 Å². The Morgan fingerprint density at radius 3 is 2.76 bits per heavy atom. The summed E-state index contributed by atoms with van der Waals surface area (Å²) in [5.74, 6) is -0.127. The average molecular weight is 392 g/mol. The predicted molar refractivity (Wildman–Crippen MR) is 96.9 cm³/mol. The molecule has 138 valence electrons. The second kappa shape index (κ2) is 11.6. The minimum atomic E-state index is -0.746. The number of hydrogen-bond donors (Lipinski definition) is 2. The number of carbonyl (C=O) groups excluding carboxylic acids is 1. The number of rotatable bonds is 7. The summed E-state index contributed by atoms with van der Waals surface area (Å²) in [6.45, 7) is 0.320. The zero-order valence-corrected chi connectivity index (χ0v) is 15.1. The van der Waals surface area contributed by atoms with Crippen molar-refractivity contribution < 1.29 is 18.7 Å². The summed E-state index contributed by atoms with van der Waals surface area (Å²) in [5.41, 5.74) is 6.29. The van der Waals surface area contributed by atoms with E-state index in [2.05, 4.69) is 10.3 Å². The van der Waals surface area contributed by atoms with Crippen LogP contribution in [0.2, 0.25) is 0 Å². The molecule has 9 heteroatoms. The monoisotopic (exact) mass is 391 g/mol. The number of ether oxygens (including phenoxy) is 2. The Morgan fingerprint density at radius 2 is 2.08 bits per heavy atom. The number of benzene rings is 1. The second-order valence-corrected chi connectivity index (χ2v) is 4.81. The van der Waals surface area contributed by atoms with Crippen LogP contribution in [-0.4, -0.2) is 30.6 Å². The Bertz CT molecular complexity index is 677. The first-order valence-corrected chi connectivity index (χ1v) is 6.99. The molecule has 0 spiro atoms. The van der Waals surface area contributed by atoms with E-state index in [1.54, 1.807) is 30.5 Å². The van der Waals surface area contributed by atoms with Gasteiger partial charge in [-0.05, 0) is 18.2 Å². The summed E-state index contributed by atoms with van der Waals surface area (Å²) in [5, 5.41) is 2.68. The van der Waals surface area contributed by atoms with Gasteiger partial charge in [-0.15, -0.1) is 24.8 Å². The lowest BCUT2D eigenvalue weighted by atomic mass is 10.2. The molecule has 0 radical (unpaired) electrons. The van der Waals surface area contributed by atoms with E-state index in [-0.39, 0.29) is 43.9 Å². The van der Waals surface area contributed by atoms with Gasteiger partial charge in [-0.25, -0.2) is 9.37 Å². The van der Waals surface area contributed by atoms with Gasteiger partial charge in [0.25, 0.3) is 0 Å². The third-order valence-corrected chi connectivity index (χ3v) is 3.00. The van der Waals surface area contributed by atoms with Crippen molar-refractivity contribution in [2.75, 3.05) is 13.7 Å². The number of halogens is 3. The summed E-state index contributed by atoms with van der Waals surface area (Å²) in [6.07, 6.45) is 1.55. The topological polar surface area (TPSA) is 86.5 Å². The number of nitrogens with zero attached hydrogens (tertiary/aromatic N) is 1. The van der Waals surface area contributed by atoms with Crippen molar-refractivity contribution >= 4 is 30.7 Å². The molecule has 1 aromatic heterocycles. The number of aromatic nitrogens is 1. The standard InChI is InChI=1S/C16H18FN3O3.2ClH/c1-22-10-14(18)15(21)20-9-11-4-3-7-19-16(11)23-13-6-2-5-12(17)8-13;;/h2-8,14H,9-10,18H2,1H3,(H,20,21);2*1H. The summed E-state index contributed by atoms with van der Waals surface area (Å²) in [6, 6.07) is 8.46. The SMILES string of the molecule is COCC(N)C(=O)NCc1cccnc1Oc1cccc(F)c1.Cl.Cl. The molecule has 2 rings (SSSR count). The molecule has 0 saturated carbocycles. The second-order valence-electron chi connectivity index (χ2n) is 4.81. The highest BCUT2D eigenvalue weighted by Gasteiger charge is 2.14. The Labute approximate surface area is 157 Å². The van der Waals surface area contributed by atoms with E-state index in [0.29, 0.717) is 17.2 Å². The van der Waals surface area contributed by atoms with Crippen LogP contribution in [0.5, 0.6) is 11.6 Å². The zero-order valence-electron chi connectivity index (χ0n) is 13.5. The van der Waals surface area contributed by atoms with Crippen LogP contribution in [0.25, 0.3) is 0 Å². The van der Waals surface area contributed by atoms with E-state index < -0.39 is 11.9 Å². The third kappa shape index (κ3) is 7.23. The Kier molecular flexibility index (Phi) is 10.7. The molecule has 0 aliphatic rings. The molecule has 0 saturated heterocycles. The number of hydrogen-bond acceptors (Lipinski definition) is 5. The van der Waals surface area contributed by atoms with Gasteiger partial charge in [0.05, 0.1) is 6.61 Å². The molecule has 0 aliphatic heterocycles. The lowest BCUT2D eigenvalue weighted by Gasteiger charge is -2.13. The number of nitrogens with two attached hydrogens (primary N) is 1. The molecular weight excluding hydrogens is 372 g/mol. The van der Waals surface area contributed by atoms with Crippen LogP contribution in [0, 0.1) is 5.82 Å². The van der Waals surface area contributed by atoms with E-state index in [4.69, 9.17) is 15.2 Å². The highest BCUT2D eigenvalue weighted by molar-refractivity contribution is 5.85. The van der Waals surface area contributed by atoms with Gasteiger partial charge in [0.2, 0.25) is 11.8 Å². The normalized spacial score (nSPS) is 10.8. The van der Waals surface area contributed by atoms with E-state index in [9.17, 15) is 9.18 Å². The molecule has 25 heavy (non-hydrogen) atoms. The predicted octanol–water partition coefficient (Wildman–Crippen LogP) is 2.45. The van der Waals surface area contributed by atoms with Crippen molar-refractivity contribution in [1.82, 2.24) is 10.3 Å². The molecule has 1 aromatic carbocycles. The van der Waals surface area contributed by atoms with Gasteiger partial charge >= 0.3 is 0 Å². The highest BCUT2D eigenvalue weighted by atomic mass is 35.5. The van der Waals surface area contributed by atoms with Gasteiger partial charge in [0.15, 0.2) is 0 Å². The Balaban J connectivity index is 0.00000288. The van der Waals surface area contributed by atoms with Crippen molar-refractivity contribution in [3.05, 3.63) is 54.0 Å². The first-order chi connectivity index (χ1) is 11.1. The number of pyridine rings is 1. The van der Waals surface area contributed by atoms with E-state index in [1.165, 1.54) is 19.2 Å². The van der Waals surface area contributed by atoms with Crippen molar-refractivity contribution in [2.45, 2.75) is 12.6 Å². The molecule has 1 atom stereocenters. The molecule has 0 aliphatic carbocycles. The van der Waals surface area contributed by atoms with Crippen LogP contribution < -0.4 is 15.8 Å². The number of methoxy groups -OCH3 is 1. The van der Waals surface area contributed by atoms with Gasteiger partial charge in [-0.3, -0.25) is 4.79 Å². The minimum absolute atomic E-state index is 0. The van der Waals surface area contributed by atoms with Gasteiger partial charge in [0, 0.05) is 31.5 Å². The summed E-state index contributed by atoms with van der Waals surface area (Å²) < 4.78 is 23.6. The van der Waals surface area contributed by atoms with Crippen LogP contribution in [0.4, 0.5) is 4.39 Å². The third-order valence-electron chi connectivity index (χ3n) is 3.00. The fourth-order valence-electron chi connectivity index (χ4n) is 1.86. The largest absolute Gasteiger partial charge is 0.439 e. The van der Waals surface area contributed by atoms with Gasteiger partial charge < -0.3 is 20.5 Å².